The van der Waals surface area contributed by atoms with Crippen molar-refractivity contribution in [3.63, 3.8) is 0 Å². The van der Waals surface area contributed by atoms with Gasteiger partial charge in [0.1, 0.15) is 23.7 Å². The number of amides is 2. The zero-order chi connectivity index (χ0) is 36.0. The van der Waals surface area contributed by atoms with Gasteiger partial charge in [-0.05, 0) is 60.1 Å². The Balaban J connectivity index is 1.89. The average molecular weight is 701 g/mol. The van der Waals surface area contributed by atoms with Gasteiger partial charge in [-0.3, -0.25) is 9.59 Å². The second kappa shape index (κ2) is 19.5. The SMILES string of the molecule is CCCC(CCC)S(=O)(=O)C[C@@H](NC(=O)C(N)c1ccccc1)C(=O)N[C@@H](Cc1cc(F)cc(F)c1)[C@H](O)CNCc1cccc(CC)c1. The molecule has 3 aromatic rings. The Labute approximate surface area is 289 Å². The molecule has 0 aliphatic rings. The number of carbonyl (C=O) groups is 2. The van der Waals surface area contributed by atoms with Crippen LogP contribution < -0.4 is 21.7 Å². The predicted octanol–water partition coefficient (Wildman–Crippen LogP) is 4.27. The van der Waals surface area contributed by atoms with Crippen molar-refractivity contribution in [3.05, 3.63) is 107 Å². The van der Waals surface area contributed by atoms with Gasteiger partial charge in [-0.1, -0.05) is 88.2 Å². The van der Waals surface area contributed by atoms with Crippen LogP contribution in [0.25, 0.3) is 0 Å². The average Bonchev–Trinajstić information content (AvgIpc) is 3.07. The van der Waals surface area contributed by atoms with Crippen molar-refractivity contribution in [2.75, 3.05) is 12.3 Å². The van der Waals surface area contributed by atoms with Gasteiger partial charge in [0.15, 0.2) is 9.84 Å². The lowest BCUT2D eigenvalue weighted by Gasteiger charge is -2.29. The van der Waals surface area contributed by atoms with Crippen LogP contribution in [0.2, 0.25) is 0 Å². The molecule has 9 nitrogen and oxygen atoms in total. The van der Waals surface area contributed by atoms with Crippen molar-refractivity contribution in [3.8, 4) is 0 Å². The highest BCUT2D eigenvalue weighted by atomic mass is 32.2. The number of benzene rings is 3. The first kappa shape index (κ1) is 39.7. The summed E-state index contributed by atoms with van der Waals surface area (Å²) in [6, 6.07) is 15.4. The third kappa shape index (κ3) is 12.6. The summed E-state index contributed by atoms with van der Waals surface area (Å²) in [5.41, 5.74) is 8.96. The molecule has 2 amide bonds. The Morgan fingerprint density at radius 1 is 0.816 bits per heavy atom. The van der Waals surface area contributed by atoms with E-state index in [9.17, 15) is 31.9 Å². The molecule has 268 valence electrons. The van der Waals surface area contributed by atoms with Gasteiger partial charge >= 0.3 is 0 Å². The van der Waals surface area contributed by atoms with Crippen molar-refractivity contribution in [1.82, 2.24) is 16.0 Å². The molecule has 0 radical (unpaired) electrons. The summed E-state index contributed by atoms with van der Waals surface area (Å²) in [5.74, 6) is -3.98. The topological polar surface area (TPSA) is 151 Å². The summed E-state index contributed by atoms with van der Waals surface area (Å²) in [7, 11) is -3.89. The molecule has 0 saturated carbocycles. The van der Waals surface area contributed by atoms with Crippen LogP contribution in [-0.4, -0.2) is 61.1 Å². The third-order valence-electron chi connectivity index (χ3n) is 8.45. The minimum Gasteiger partial charge on any atom is -0.390 e. The smallest absolute Gasteiger partial charge is 0.243 e. The minimum atomic E-state index is -3.89. The maximum absolute atomic E-state index is 14.1. The number of aliphatic hydroxyl groups is 1. The lowest BCUT2D eigenvalue weighted by Crippen LogP contribution is -2.57. The molecule has 0 spiro atoms. The third-order valence-corrected chi connectivity index (χ3v) is 10.7. The largest absolute Gasteiger partial charge is 0.390 e. The Morgan fingerprint density at radius 2 is 1.45 bits per heavy atom. The normalized spacial score (nSPS) is 14.2. The Hall–Kier alpha value is -3.71. The molecule has 6 N–H and O–H groups in total. The number of hydrogen-bond donors (Lipinski definition) is 5. The fourth-order valence-corrected chi connectivity index (χ4v) is 7.95. The second-order valence-electron chi connectivity index (χ2n) is 12.4. The van der Waals surface area contributed by atoms with Crippen molar-refractivity contribution in [2.45, 2.75) is 95.3 Å². The maximum Gasteiger partial charge on any atom is 0.243 e. The Morgan fingerprint density at radius 3 is 2.06 bits per heavy atom. The first-order valence-corrected chi connectivity index (χ1v) is 18.6. The number of aliphatic hydroxyl groups excluding tert-OH is 1. The fraction of sp³-hybridized carbons (Fsp3) is 0.459. The molecule has 0 aromatic heterocycles. The summed E-state index contributed by atoms with van der Waals surface area (Å²) in [6.07, 6.45) is 1.41. The van der Waals surface area contributed by atoms with Crippen molar-refractivity contribution in [2.24, 2.45) is 5.73 Å². The van der Waals surface area contributed by atoms with E-state index in [0.717, 1.165) is 35.7 Å². The maximum atomic E-state index is 14.1. The molecule has 0 aliphatic heterocycles. The van der Waals surface area contributed by atoms with Crippen LogP contribution in [0, 0.1) is 11.6 Å². The van der Waals surface area contributed by atoms with Crippen LogP contribution in [0.3, 0.4) is 0 Å². The lowest BCUT2D eigenvalue weighted by molar-refractivity contribution is -0.130. The highest BCUT2D eigenvalue weighted by Crippen LogP contribution is 2.19. The first-order valence-electron chi connectivity index (χ1n) is 16.9. The first-order chi connectivity index (χ1) is 23.4. The number of nitrogens with one attached hydrogen (secondary N) is 3. The second-order valence-corrected chi connectivity index (χ2v) is 14.8. The van der Waals surface area contributed by atoms with Gasteiger partial charge in [0.05, 0.1) is 23.1 Å². The van der Waals surface area contributed by atoms with E-state index in [1.807, 2.05) is 45.0 Å². The molecule has 1 unspecified atom stereocenters. The van der Waals surface area contributed by atoms with Gasteiger partial charge in [0.25, 0.3) is 0 Å². The monoisotopic (exact) mass is 700 g/mol. The van der Waals surface area contributed by atoms with Crippen LogP contribution in [0.4, 0.5) is 8.78 Å². The minimum absolute atomic E-state index is 0.0115. The number of aryl methyl sites for hydroxylation is 1. The van der Waals surface area contributed by atoms with E-state index in [1.165, 1.54) is 0 Å². The predicted molar refractivity (Wildman–Crippen MR) is 188 cm³/mol. The van der Waals surface area contributed by atoms with Gasteiger partial charge in [0.2, 0.25) is 11.8 Å². The van der Waals surface area contributed by atoms with E-state index in [0.29, 0.717) is 37.8 Å². The van der Waals surface area contributed by atoms with Crippen molar-refractivity contribution >= 4 is 21.7 Å². The van der Waals surface area contributed by atoms with Crippen molar-refractivity contribution in [1.29, 1.82) is 0 Å². The fourth-order valence-electron chi connectivity index (χ4n) is 5.79. The molecule has 4 atom stereocenters. The van der Waals surface area contributed by atoms with Gasteiger partial charge in [0, 0.05) is 19.2 Å². The van der Waals surface area contributed by atoms with Crippen molar-refractivity contribution < 1.29 is 31.9 Å². The molecule has 0 aliphatic carbocycles. The van der Waals surface area contributed by atoms with Crippen LogP contribution in [0.5, 0.6) is 0 Å². The number of sulfone groups is 1. The van der Waals surface area contributed by atoms with E-state index < -0.39 is 68.5 Å². The molecule has 3 aromatic carbocycles. The number of carbonyl (C=O) groups excluding carboxylic acids is 2. The molecule has 0 bridgehead atoms. The molecule has 0 heterocycles. The summed E-state index contributed by atoms with van der Waals surface area (Å²) in [5, 5.41) is 19.0. The molecule has 12 heteroatoms. The standard InChI is InChI=1S/C37H50F2N4O5S/c1-4-11-31(12-5-2)49(47,48)24-33(43-37(46)35(40)28-15-8-7-9-16-28)36(45)42-32(20-27-18-29(38)21-30(39)19-27)34(44)23-41-22-26-14-10-13-25(6-3)17-26/h7-10,13-19,21,31-35,41,44H,4-6,11-12,20,22-24,40H2,1-3H3,(H,42,45)(H,43,46)/t32-,33+,34+,35?/m0/s1. The van der Waals surface area contributed by atoms with Gasteiger partial charge in [-0.2, -0.15) is 0 Å². The number of nitrogens with two attached hydrogens (primary N) is 1. The van der Waals surface area contributed by atoms with Crippen LogP contribution in [0.1, 0.15) is 74.8 Å². The number of hydrogen-bond acceptors (Lipinski definition) is 7. The molecule has 3 rings (SSSR count). The summed E-state index contributed by atoms with van der Waals surface area (Å²) in [4.78, 5) is 27.3. The molecular formula is C37H50F2N4O5S. The van der Waals surface area contributed by atoms with E-state index in [2.05, 4.69) is 16.0 Å². The highest BCUT2D eigenvalue weighted by Gasteiger charge is 2.35. The zero-order valence-corrected chi connectivity index (χ0v) is 29.3. The lowest BCUT2D eigenvalue weighted by atomic mass is 10.00. The summed E-state index contributed by atoms with van der Waals surface area (Å²) >= 11 is 0. The molecule has 0 saturated heterocycles. The molecular weight excluding hydrogens is 650 g/mol. The molecule has 0 fully saturated rings. The quantitative estimate of drug-likeness (QED) is 0.118. The van der Waals surface area contributed by atoms with E-state index in [4.69, 9.17) is 5.73 Å². The van der Waals surface area contributed by atoms with Crippen LogP contribution in [0.15, 0.2) is 72.8 Å². The van der Waals surface area contributed by atoms with Gasteiger partial charge < -0.3 is 26.8 Å². The van der Waals surface area contributed by atoms with E-state index in [-0.39, 0.29) is 18.5 Å². The highest BCUT2D eigenvalue weighted by molar-refractivity contribution is 7.92. The van der Waals surface area contributed by atoms with Crippen LogP contribution >= 0.6 is 0 Å². The van der Waals surface area contributed by atoms with E-state index >= 15 is 0 Å². The van der Waals surface area contributed by atoms with Gasteiger partial charge in [-0.25, -0.2) is 17.2 Å². The Kier molecular flexibility index (Phi) is 15.8. The van der Waals surface area contributed by atoms with Gasteiger partial charge in [-0.15, -0.1) is 0 Å². The van der Waals surface area contributed by atoms with Crippen LogP contribution in [-0.2, 0) is 38.8 Å². The summed E-state index contributed by atoms with van der Waals surface area (Å²) in [6.45, 7) is 6.19. The summed E-state index contributed by atoms with van der Waals surface area (Å²) < 4.78 is 55.6. The van der Waals surface area contributed by atoms with E-state index in [1.54, 1.807) is 30.3 Å². The number of halogens is 2. The number of rotatable bonds is 20. The molecule has 49 heavy (non-hydrogen) atoms. The Bertz CT molecular complexity index is 1580. The zero-order valence-electron chi connectivity index (χ0n) is 28.5.